The standard InChI is InChI=1S/C14H19NO4S/c1-9(16)7-15-13(17)8-20-14(15)11-6-10(18-2)4-5-12(11)19-3/h4-6,9,14,16H,7-8H2,1-3H3/t9-,14-/m1/s1. The van der Waals surface area contributed by atoms with E-state index in [2.05, 4.69) is 0 Å². The zero-order chi connectivity index (χ0) is 14.7. The number of benzene rings is 1. The average Bonchev–Trinajstić information content (AvgIpc) is 2.79. The van der Waals surface area contributed by atoms with Crippen LogP contribution in [0.1, 0.15) is 17.9 Å². The molecule has 20 heavy (non-hydrogen) atoms. The van der Waals surface area contributed by atoms with Gasteiger partial charge in [-0.1, -0.05) is 0 Å². The van der Waals surface area contributed by atoms with Crippen LogP contribution in [0.3, 0.4) is 0 Å². The summed E-state index contributed by atoms with van der Waals surface area (Å²) in [6, 6.07) is 5.53. The molecule has 0 aliphatic carbocycles. The van der Waals surface area contributed by atoms with Crippen LogP contribution in [0.2, 0.25) is 0 Å². The highest BCUT2D eigenvalue weighted by Gasteiger charge is 2.35. The fourth-order valence-electron chi connectivity index (χ4n) is 2.23. The summed E-state index contributed by atoms with van der Waals surface area (Å²) in [6.45, 7) is 1.99. The predicted octanol–water partition coefficient (Wildman–Crippen LogP) is 1.66. The van der Waals surface area contributed by atoms with Crippen molar-refractivity contribution in [3.8, 4) is 11.5 Å². The predicted molar refractivity (Wildman–Crippen MR) is 78.1 cm³/mol. The summed E-state index contributed by atoms with van der Waals surface area (Å²) in [7, 11) is 3.21. The van der Waals surface area contributed by atoms with E-state index in [1.54, 1.807) is 26.0 Å². The molecule has 1 aliphatic rings. The summed E-state index contributed by atoms with van der Waals surface area (Å²) < 4.78 is 10.6. The topological polar surface area (TPSA) is 59.0 Å². The van der Waals surface area contributed by atoms with Crippen molar-refractivity contribution in [3.63, 3.8) is 0 Å². The zero-order valence-corrected chi connectivity index (χ0v) is 12.6. The van der Waals surface area contributed by atoms with Crippen LogP contribution in [0.5, 0.6) is 11.5 Å². The Morgan fingerprint density at radius 1 is 1.45 bits per heavy atom. The molecule has 0 aromatic heterocycles. The van der Waals surface area contributed by atoms with Crippen molar-refractivity contribution in [2.45, 2.75) is 18.4 Å². The van der Waals surface area contributed by atoms with E-state index in [9.17, 15) is 9.90 Å². The summed E-state index contributed by atoms with van der Waals surface area (Å²) >= 11 is 1.53. The highest BCUT2D eigenvalue weighted by molar-refractivity contribution is 8.00. The average molecular weight is 297 g/mol. The molecule has 0 radical (unpaired) electrons. The quantitative estimate of drug-likeness (QED) is 0.895. The molecule has 2 atom stereocenters. The molecule has 1 aromatic carbocycles. The van der Waals surface area contributed by atoms with Crippen LogP contribution in [0.25, 0.3) is 0 Å². The van der Waals surface area contributed by atoms with Gasteiger partial charge in [-0.05, 0) is 25.1 Å². The first kappa shape index (κ1) is 15.0. The fourth-order valence-corrected chi connectivity index (χ4v) is 3.44. The van der Waals surface area contributed by atoms with Crippen LogP contribution in [-0.2, 0) is 4.79 Å². The third-order valence-electron chi connectivity index (χ3n) is 3.13. The molecule has 1 fully saturated rings. The van der Waals surface area contributed by atoms with Gasteiger partial charge in [0.1, 0.15) is 16.9 Å². The van der Waals surface area contributed by atoms with Crippen LogP contribution in [0.15, 0.2) is 18.2 Å². The number of carbonyl (C=O) groups excluding carboxylic acids is 1. The number of amides is 1. The molecule has 0 saturated carbocycles. The van der Waals surface area contributed by atoms with Crippen molar-refractivity contribution in [1.82, 2.24) is 4.90 Å². The second-order valence-corrected chi connectivity index (χ2v) is 5.73. The van der Waals surface area contributed by atoms with Crippen molar-refractivity contribution in [2.24, 2.45) is 0 Å². The molecule has 5 nitrogen and oxygen atoms in total. The lowest BCUT2D eigenvalue weighted by Crippen LogP contribution is -2.34. The van der Waals surface area contributed by atoms with Gasteiger partial charge >= 0.3 is 0 Å². The van der Waals surface area contributed by atoms with Crippen molar-refractivity contribution >= 4 is 17.7 Å². The van der Waals surface area contributed by atoms with E-state index < -0.39 is 6.10 Å². The first-order valence-electron chi connectivity index (χ1n) is 6.38. The van der Waals surface area contributed by atoms with E-state index in [-0.39, 0.29) is 11.3 Å². The van der Waals surface area contributed by atoms with E-state index in [1.807, 2.05) is 18.2 Å². The van der Waals surface area contributed by atoms with E-state index in [0.29, 0.717) is 18.0 Å². The molecule has 0 unspecified atom stereocenters. The Morgan fingerprint density at radius 3 is 2.80 bits per heavy atom. The molecule has 110 valence electrons. The fraction of sp³-hybridized carbons (Fsp3) is 0.500. The molecule has 6 heteroatoms. The van der Waals surface area contributed by atoms with Gasteiger partial charge in [0.2, 0.25) is 5.91 Å². The summed E-state index contributed by atoms with van der Waals surface area (Å²) in [5, 5.41) is 9.41. The zero-order valence-electron chi connectivity index (χ0n) is 11.8. The lowest BCUT2D eigenvalue weighted by molar-refractivity contribution is -0.129. The van der Waals surface area contributed by atoms with Gasteiger partial charge < -0.3 is 19.5 Å². The second-order valence-electron chi connectivity index (χ2n) is 4.67. The third kappa shape index (κ3) is 3.02. The number of hydrogen-bond acceptors (Lipinski definition) is 5. The van der Waals surface area contributed by atoms with Crippen molar-refractivity contribution in [1.29, 1.82) is 0 Å². The highest BCUT2D eigenvalue weighted by Crippen LogP contribution is 2.43. The highest BCUT2D eigenvalue weighted by atomic mass is 32.2. The number of hydrogen-bond donors (Lipinski definition) is 1. The number of aliphatic hydroxyl groups excluding tert-OH is 1. The first-order chi connectivity index (χ1) is 9.56. The molecular weight excluding hydrogens is 278 g/mol. The van der Waals surface area contributed by atoms with Crippen molar-refractivity contribution in [2.75, 3.05) is 26.5 Å². The molecule has 2 rings (SSSR count). The molecule has 1 amide bonds. The number of thioether (sulfide) groups is 1. The SMILES string of the molecule is COc1ccc(OC)c([C@H]2SCC(=O)N2C[C@@H](C)O)c1. The molecular formula is C14H19NO4S. The van der Waals surface area contributed by atoms with E-state index >= 15 is 0 Å². The Labute approximate surface area is 122 Å². The van der Waals surface area contributed by atoms with Gasteiger partial charge in [-0.2, -0.15) is 0 Å². The van der Waals surface area contributed by atoms with E-state index in [4.69, 9.17) is 9.47 Å². The number of ether oxygens (including phenoxy) is 2. The maximum atomic E-state index is 12.0. The molecule has 1 saturated heterocycles. The minimum absolute atomic E-state index is 0.0331. The van der Waals surface area contributed by atoms with Crippen LogP contribution >= 0.6 is 11.8 Å². The Kier molecular flexibility index (Phi) is 4.77. The van der Waals surface area contributed by atoms with Gasteiger partial charge in [-0.3, -0.25) is 4.79 Å². The van der Waals surface area contributed by atoms with E-state index in [0.717, 1.165) is 11.3 Å². The van der Waals surface area contributed by atoms with Gasteiger partial charge in [0.25, 0.3) is 0 Å². The molecule has 0 spiro atoms. The largest absolute Gasteiger partial charge is 0.497 e. The van der Waals surface area contributed by atoms with Gasteiger partial charge in [0.05, 0.1) is 26.1 Å². The van der Waals surface area contributed by atoms with E-state index in [1.165, 1.54) is 11.8 Å². The van der Waals surface area contributed by atoms with Gasteiger partial charge in [0, 0.05) is 12.1 Å². The molecule has 1 heterocycles. The minimum atomic E-state index is -0.559. The van der Waals surface area contributed by atoms with Crippen LogP contribution < -0.4 is 9.47 Å². The normalized spacial score (nSPS) is 20.1. The Hall–Kier alpha value is -1.40. The van der Waals surface area contributed by atoms with Crippen molar-refractivity contribution < 1.29 is 19.4 Å². The van der Waals surface area contributed by atoms with Gasteiger partial charge in [-0.25, -0.2) is 0 Å². The van der Waals surface area contributed by atoms with Crippen LogP contribution in [0.4, 0.5) is 0 Å². The first-order valence-corrected chi connectivity index (χ1v) is 7.42. The lowest BCUT2D eigenvalue weighted by atomic mass is 10.1. The maximum absolute atomic E-state index is 12.0. The van der Waals surface area contributed by atoms with Crippen molar-refractivity contribution in [3.05, 3.63) is 23.8 Å². The number of rotatable bonds is 5. The number of carbonyl (C=O) groups is 1. The number of aliphatic hydroxyl groups is 1. The van der Waals surface area contributed by atoms with Gasteiger partial charge in [0.15, 0.2) is 0 Å². The van der Waals surface area contributed by atoms with Gasteiger partial charge in [-0.15, -0.1) is 11.8 Å². The Bertz CT molecular complexity index is 492. The minimum Gasteiger partial charge on any atom is -0.497 e. The summed E-state index contributed by atoms with van der Waals surface area (Å²) in [5.41, 5.74) is 0.892. The monoisotopic (exact) mass is 297 g/mol. The molecule has 1 N–H and O–H groups in total. The third-order valence-corrected chi connectivity index (χ3v) is 4.37. The lowest BCUT2D eigenvalue weighted by Gasteiger charge is -2.26. The van der Waals surface area contributed by atoms with Crippen LogP contribution in [-0.4, -0.2) is 48.5 Å². The number of nitrogens with zero attached hydrogens (tertiary/aromatic N) is 1. The smallest absolute Gasteiger partial charge is 0.233 e. The summed E-state index contributed by atoms with van der Waals surface area (Å²) in [6.07, 6.45) is -0.559. The van der Waals surface area contributed by atoms with Crippen LogP contribution in [0, 0.1) is 0 Å². The maximum Gasteiger partial charge on any atom is 0.233 e. The Balaban J connectivity index is 2.35. The number of β-amino-alcohol motifs (C(OH)–C–C–N with tert-alkyl or cyclic N) is 1. The molecule has 1 aliphatic heterocycles. The number of methoxy groups -OCH3 is 2. The summed E-state index contributed by atoms with van der Waals surface area (Å²) in [5.74, 6) is 1.88. The molecule has 1 aromatic rings. The Morgan fingerprint density at radius 2 is 2.20 bits per heavy atom. The second kappa shape index (κ2) is 6.37. The molecule has 0 bridgehead atoms. The summed E-state index contributed by atoms with van der Waals surface area (Å²) in [4.78, 5) is 13.7.